The van der Waals surface area contributed by atoms with Crippen LogP contribution in [0.2, 0.25) is 0 Å². The van der Waals surface area contributed by atoms with E-state index in [0.717, 1.165) is 33.3 Å². The molecule has 4 heteroatoms. The zero-order valence-electron chi connectivity index (χ0n) is 11.8. The molecule has 3 N–H and O–H groups in total. The van der Waals surface area contributed by atoms with Gasteiger partial charge in [-0.2, -0.15) is 0 Å². The summed E-state index contributed by atoms with van der Waals surface area (Å²) in [4.78, 5) is 11.4. The number of nitrogens with one attached hydrogen (secondary N) is 1. The lowest BCUT2D eigenvalue weighted by Gasteiger charge is -2.20. The number of carbonyl (C=O) groups is 1. The van der Waals surface area contributed by atoms with E-state index in [1.807, 2.05) is 12.1 Å². The molecule has 0 saturated carbocycles. The number of benzene rings is 2. The molecule has 0 bridgehead atoms. The van der Waals surface area contributed by atoms with Crippen molar-refractivity contribution in [1.82, 2.24) is 0 Å². The summed E-state index contributed by atoms with van der Waals surface area (Å²) in [6.07, 6.45) is 1.32. The number of halogens is 1. The number of rotatable bonds is 2. The molecule has 0 saturated heterocycles. The van der Waals surface area contributed by atoms with Crippen LogP contribution < -0.4 is 11.1 Å². The van der Waals surface area contributed by atoms with Crippen LogP contribution in [-0.2, 0) is 11.2 Å². The summed E-state index contributed by atoms with van der Waals surface area (Å²) in [5, 5.41) is 2.90. The minimum Gasteiger partial charge on any atom is -0.326 e. The average Bonchev–Trinajstić information content (AvgIpc) is 2.49. The van der Waals surface area contributed by atoms with Gasteiger partial charge in [0.15, 0.2) is 0 Å². The van der Waals surface area contributed by atoms with Crippen LogP contribution in [0.1, 0.15) is 34.7 Å². The highest BCUT2D eigenvalue weighted by Crippen LogP contribution is 2.29. The third-order valence-electron chi connectivity index (χ3n) is 3.94. The molecule has 1 aliphatic rings. The number of nitrogens with two attached hydrogens (primary N) is 1. The summed E-state index contributed by atoms with van der Waals surface area (Å²) in [6.45, 7) is 2.06. The molecule has 1 heterocycles. The van der Waals surface area contributed by atoms with Gasteiger partial charge < -0.3 is 11.1 Å². The second-order valence-electron chi connectivity index (χ2n) is 5.45. The van der Waals surface area contributed by atoms with Crippen LogP contribution in [0.25, 0.3) is 0 Å². The van der Waals surface area contributed by atoms with Gasteiger partial charge in [0, 0.05) is 16.6 Å². The molecule has 0 spiro atoms. The maximum atomic E-state index is 11.4. The van der Waals surface area contributed by atoms with Gasteiger partial charge in [0.1, 0.15) is 0 Å². The highest BCUT2D eigenvalue weighted by Gasteiger charge is 2.17. The molecule has 108 valence electrons. The number of hydrogen-bond acceptors (Lipinski definition) is 2. The number of carbonyl (C=O) groups excluding carboxylic acids is 1. The van der Waals surface area contributed by atoms with Crippen LogP contribution in [0.5, 0.6) is 0 Å². The first kappa shape index (κ1) is 14.3. The Morgan fingerprint density at radius 3 is 2.62 bits per heavy atom. The van der Waals surface area contributed by atoms with Crippen LogP contribution in [-0.4, -0.2) is 5.91 Å². The van der Waals surface area contributed by atoms with Crippen molar-refractivity contribution in [1.29, 1.82) is 0 Å². The van der Waals surface area contributed by atoms with E-state index in [9.17, 15) is 4.79 Å². The fourth-order valence-electron chi connectivity index (χ4n) is 2.59. The lowest BCUT2D eigenvalue weighted by atomic mass is 9.94. The van der Waals surface area contributed by atoms with Crippen LogP contribution in [0.15, 0.2) is 40.9 Å². The Bertz CT molecular complexity index is 712. The van der Waals surface area contributed by atoms with Crippen molar-refractivity contribution >= 4 is 27.5 Å². The second-order valence-corrected chi connectivity index (χ2v) is 6.31. The predicted octanol–water partition coefficient (Wildman–Crippen LogP) is 3.69. The van der Waals surface area contributed by atoms with Gasteiger partial charge in [-0.25, -0.2) is 0 Å². The van der Waals surface area contributed by atoms with Gasteiger partial charge in [0.25, 0.3) is 0 Å². The molecule has 3 nitrogen and oxygen atoms in total. The normalized spacial score (nSPS) is 15.3. The van der Waals surface area contributed by atoms with Crippen molar-refractivity contribution in [3.63, 3.8) is 0 Å². The third kappa shape index (κ3) is 2.87. The predicted molar refractivity (Wildman–Crippen MR) is 88.3 cm³/mol. The van der Waals surface area contributed by atoms with Gasteiger partial charge in [-0.1, -0.05) is 40.2 Å². The quantitative estimate of drug-likeness (QED) is 0.872. The molecule has 2 aromatic carbocycles. The Kier molecular flexibility index (Phi) is 3.83. The van der Waals surface area contributed by atoms with E-state index in [2.05, 4.69) is 52.4 Å². The minimum absolute atomic E-state index is 0.0852. The van der Waals surface area contributed by atoms with Crippen molar-refractivity contribution < 1.29 is 4.79 Å². The number of amides is 1. The van der Waals surface area contributed by atoms with Gasteiger partial charge in [-0.15, -0.1) is 0 Å². The molecular weight excluding hydrogens is 328 g/mol. The van der Waals surface area contributed by atoms with Gasteiger partial charge in [0.05, 0.1) is 6.04 Å². The summed E-state index contributed by atoms with van der Waals surface area (Å²) in [5.41, 5.74) is 11.8. The van der Waals surface area contributed by atoms with Gasteiger partial charge in [-0.3, -0.25) is 4.79 Å². The molecule has 2 aromatic rings. The summed E-state index contributed by atoms with van der Waals surface area (Å²) in [7, 11) is 0. The largest absolute Gasteiger partial charge is 0.326 e. The molecule has 0 radical (unpaired) electrons. The van der Waals surface area contributed by atoms with Gasteiger partial charge in [0.2, 0.25) is 5.91 Å². The molecule has 0 fully saturated rings. The fraction of sp³-hybridized carbons (Fsp3) is 0.235. The zero-order chi connectivity index (χ0) is 15.0. The molecule has 1 atom stereocenters. The van der Waals surface area contributed by atoms with Crippen LogP contribution in [0, 0.1) is 6.92 Å². The van der Waals surface area contributed by atoms with Crippen LogP contribution in [0.4, 0.5) is 5.69 Å². The summed E-state index contributed by atoms with van der Waals surface area (Å²) >= 11 is 3.55. The van der Waals surface area contributed by atoms with Gasteiger partial charge in [-0.05, 0) is 47.7 Å². The van der Waals surface area contributed by atoms with E-state index in [4.69, 9.17) is 5.73 Å². The van der Waals surface area contributed by atoms with E-state index in [1.54, 1.807) is 0 Å². The molecule has 0 aliphatic carbocycles. The van der Waals surface area contributed by atoms with E-state index < -0.39 is 0 Å². The SMILES string of the molecule is Cc1ccc(C(N)c2ccc3c(c2)CCC(=O)N3)cc1Br. The highest BCUT2D eigenvalue weighted by molar-refractivity contribution is 9.10. The first-order chi connectivity index (χ1) is 10.0. The lowest BCUT2D eigenvalue weighted by molar-refractivity contribution is -0.116. The molecule has 1 amide bonds. The van der Waals surface area contributed by atoms with E-state index in [0.29, 0.717) is 6.42 Å². The second kappa shape index (κ2) is 5.62. The maximum Gasteiger partial charge on any atom is 0.224 e. The standard InChI is InChI=1S/C17H17BrN2O/c1-10-2-3-13(9-14(10)18)17(19)12-4-6-15-11(8-12)5-7-16(21)20-15/h2-4,6,8-9,17H,5,7,19H2,1H3,(H,20,21). The van der Waals surface area contributed by atoms with Crippen LogP contribution >= 0.6 is 15.9 Å². The van der Waals surface area contributed by atoms with Crippen molar-refractivity contribution in [3.05, 3.63) is 63.1 Å². The van der Waals surface area contributed by atoms with Crippen molar-refractivity contribution in [2.45, 2.75) is 25.8 Å². The zero-order valence-corrected chi connectivity index (χ0v) is 13.4. The van der Waals surface area contributed by atoms with Gasteiger partial charge >= 0.3 is 0 Å². The van der Waals surface area contributed by atoms with Crippen molar-refractivity contribution in [2.75, 3.05) is 5.32 Å². The number of fused-ring (bicyclic) bond motifs is 1. The maximum absolute atomic E-state index is 11.4. The third-order valence-corrected chi connectivity index (χ3v) is 4.79. The Morgan fingerprint density at radius 2 is 1.86 bits per heavy atom. The smallest absolute Gasteiger partial charge is 0.224 e. The molecule has 1 unspecified atom stereocenters. The molecule has 3 rings (SSSR count). The monoisotopic (exact) mass is 344 g/mol. The van der Waals surface area contributed by atoms with Crippen molar-refractivity contribution in [2.24, 2.45) is 5.73 Å². The Hall–Kier alpha value is -1.65. The van der Waals surface area contributed by atoms with E-state index in [-0.39, 0.29) is 11.9 Å². The summed E-state index contributed by atoms with van der Waals surface area (Å²) in [6, 6.07) is 12.1. The topological polar surface area (TPSA) is 55.1 Å². The number of hydrogen-bond donors (Lipinski definition) is 2. The minimum atomic E-state index is -0.162. The first-order valence-electron chi connectivity index (χ1n) is 6.99. The summed E-state index contributed by atoms with van der Waals surface area (Å²) in [5.74, 6) is 0.0852. The van der Waals surface area contributed by atoms with Crippen LogP contribution in [0.3, 0.4) is 0 Å². The van der Waals surface area contributed by atoms with E-state index >= 15 is 0 Å². The molecule has 1 aliphatic heterocycles. The van der Waals surface area contributed by atoms with Crippen molar-refractivity contribution in [3.8, 4) is 0 Å². The molecular formula is C17H17BrN2O. The van der Waals surface area contributed by atoms with E-state index in [1.165, 1.54) is 5.56 Å². The number of aryl methyl sites for hydroxylation is 2. The first-order valence-corrected chi connectivity index (χ1v) is 7.78. The average molecular weight is 345 g/mol. The number of anilines is 1. The highest BCUT2D eigenvalue weighted by atomic mass is 79.9. The fourth-order valence-corrected chi connectivity index (χ4v) is 2.99. The molecule has 0 aromatic heterocycles. The summed E-state index contributed by atoms with van der Waals surface area (Å²) < 4.78 is 1.07. The lowest BCUT2D eigenvalue weighted by Crippen LogP contribution is -2.20. The Morgan fingerprint density at radius 1 is 1.14 bits per heavy atom. The molecule has 21 heavy (non-hydrogen) atoms. The Balaban J connectivity index is 1.93. The Labute approximate surface area is 132 Å².